The summed E-state index contributed by atoms with van der Waals surface area (Å²) in [4.78, 5) is 0.581. The Morgan fingerprint density at radius 3 is 1.50 bits per heavy atom. The molecule has 1 unspecified atom stereocenters. The van der Waals surface area contributed by atoms with E-state index < -0.39 is 34.4 Å². The molecule has 0 aliphatic carbocycles. The summed E-state index contributed by atoms with van der Waals surface area (Å²) < 4.78 is 4.46. The molecule has 0 N–H and O–H groups in total. The van der Waals surface area contributed by atoms with Crippen LogP contribution in [0, 0.1) is 0 Å². The van der Waals surface area contributed by atoms with Gasteiger partial charge in [0, 0.05) is 8.80 Å². The maximum absolute atomic E-state index is 6.96. The number of benzene rings is 2. The second-order valence-corrected chi connectivity index (χ2v) is 25.1. The Morgan fingerprint density at radius 2 is 1.15 bits per heavy atom. The van der Waals surface area contributed by atoms with Gasteiger partial charge in [0.2, 0.25) is 16.8 Å². The van der Waals surface area contributed by atoms with E-state index in [2.05, 4.69) is 101 Å². The van der Waals surface area contributed by atoms with Gasteiger partial charge in [-0.2, -0.15) is 0 Å². The van der Waals surface area contributed by atoms with Crippen molar-refractivity contribution in [3.63, 3.8) is 0 Å². The van der Waals surface area contributed by atoms with Crippen LogP contribution in [0.15, 0.2) is 60.7 Å². The Morgan fingerprint density at radius 1 is 0.769 bits per heavy atom. The van der Waals surface area contributed by atoms with Crippen molar-refractivity contribution in [2.75, 3.05) is 0 Å². The zero-order chi connectivity index (χ0) is 19.1. The van der Waals surface area contributed by atoms with E-state index >= 15 is 0 Å². The lowest BCUT2D eigenvalue weighted by atomic mass is 10.4. The predicted molar refractivity (Wildman–Crippen MR) is 124 cm³/mol. The molecular weight excluding hydrogens is 427 g/mol. The molecule has 26 heavy (non-hydrogen) atoms. The maximum atomic E-state index is 6.96. The van der Waals surface area contributed by atoms with E-state index in [4.69, 9.17) is 23.6 Å². The number of nitrogens with zero attached hydrogens (tertiary/aromatic N) is 2. The lowest BCUT2D eigenvalue weighted by Crippen LogP contribution is -2.89. The first-order valence-corrected chi connectivity index (χ1v) is 19.1. The summed E-state index contributed by atoms with van der Waals surface area (Å²) in [6, 6.07) is 22.1. The van der Waals surface area contributed by atoms with Gasteiger partial charge in [-0.05, 0) is 48.0 Å². The first-order valence-electron chi connectivity index (χ1n) is 8.92. The Kier molecular flexibility index (Phi) is 6.06. The molecule has 1 fully saturated rings. The van der Waals surface area contributed by atoms with Crippen LogP contribution in [0.2, 0.25) is 37.5 Å². The van der Waals surface area contributed by atoms with Crippen molar-refractivity contribution in [3.05, 3.63) is 60.7 Å². The van der Waals surface area contributed by atoms with Crippen LogP contribution in [-0.2, 0) is 0 Å². The van der Waals surface area contributed by atoms with E-state index in [1.165, 1.54) is 10.4 Å². The minimum Gasteiger partial charge on any atom is -0.234 e. The standard InChI is InChI=1S/C18H26Cl2N2Si4/c1-23(2)18(26(5)21(19)25(3,4)22(26)20)24(16-12-8-6-9-13-16)17-14-10-7-11-15-17/h6-15,18H,1-5H3. The van der Waals surface area contributed by atoms with Crippen LogP contribution in [0.5, 0.6) is 0 Å². The molecule has 0 saturated carbocycles. The van der Waals surface area contributed by atoms with Crippen molar-refractivity contribution in [1.82, 2.24) is 7.50 Å². The molecule has 2 aromatic carbocycles. The third-order valence-corrected chi connectivity index (χ3v) is 32.6. The minimum absolute atomic E-state index is 0.581. The van der Waals surface area contributed by atoms with E-state index in [1.807, 2.05) is 0 Å². The third-order valence-electron chi connectivity index (χ3n) is 5.34. The van der Waals surface area contributed by atoms with Gasteiger partial charge in [0.1, 0.15) is 8.80 Å². The number of hydrogen-bond donors (Lipinski definition) is 0. The Balaban J connectivity index is 2.14. The molecule has 2 aromatic rings. The number of rotatable bonds is 5. The molecule has 8 heteroatoms. The van der Waals surface area contributed by atoms with Crippen LogP contribution < -0.4 is 10.4 Å². The fraction of sp³-hybridized carbons (Fsp3) is 0.333. The second kappa shape index (κ2) is 7.67. The van der Waals surface area contributed by atoms with Crippen LogP contribution >= 0.6 is 23.6 Å². The summed E-state index contributed by atoms with van der Waals surface area (Å²) in [6.07, 6.45) is 0. The average Bonchev–Trinajstić information content (AvgIpc) is 2.65. The summed E-state index contributed by atoms with van der Waals surface area (Å²) in [5.41, 5.74) is 0. The molecule has 138 valence electrons. The van der Waals surface area contributed by atoms with E-state index in [-0.39, 0.29) is 0 Å². The summed E-state index contributed by atoms with van der Waals surface area (Å²) in [7, 11) is -5.58. The van der Waals surface area contributed by atoms with Crippen molar-refractivity contribution in [1.29, 1.82) is 0 Å². The predicted octanol–water partition coefficient (Wildman–Crippen LogP) is 4.20. The zero-order valence-electron chi connectivity index (χ0n) is 16.0. The first kappa shape index (κ1) is 20.5. The molecule has 1 atom stereocenters. The van der Waals surface area contributed by atoms with Crippen molar-refractivity contribution in [3.8, 4) is 0 Å². The molecule has 2 radical (unpaired) electrons. The molecule has 0 amide bonds. The van der Waals surface area contributed by atoms with Crippen LogP contribution in [0.25, 0.3) is 0 Å². The highest BCUT2D eigenvalue weighted by atomic mass is 35.5. The number of hydrogen-bond acceptors (Lipinski definition) is 2. The lowest BCUT2D eigenvalue weighted by Gasteiger charge is -2.65. The number of halogens is 2. The van der Waals surface area contributed by atoms with Crippen molar-refractivity contribution < 1.29 is 0 Å². The normalized spacial score (nSPS) is 21.0. The molecular formula is C18H26Cl2N2Si4. The summed E-state index contributed by atoms with van der Waals surface area (Å²) in [5, 5.41) is 2.94. The van der Waals surface area contributed by atoms with Gasteiger partial charge < -0.3 is 0 Å². The molecule has 1 saturated heterocycles. The van der Waals surface area contributed by atoms with Crippen LogP contribution in [0.1, 0.15) is 0 Å². The van der Waals surface area contributed by atoms with E-state index in [0.29, 0.717) is 4.79 Å². The van der Waals surface area contributed by atoms with Gasteiger partial charge in [-0.25, -0.2) is 7.50 Å². The highest BCUT2D eigenvalue weighted by Crippen LogP contribution is 2.49. The second-order valence-electron chi connectivity index (χ2n) is 7.81. The average molecular weight is 454 g/mol. The molecule has 1 aliphatic rings. The van der Waals surface area contributed by atoms with Gasteiger partial charge in [-0.15, -0.1) is 0 Å². The molecule has 1 aliphatic heterocycles. The lowest BCUT2D eigenvalue weighted by molar-refractivity contribution is 0.658. The quantitative estimate of drug-likeness (QED) is 0.495. The minimum atomic E-state index is -2.11. The fourth-order valence-corrected chi connectivity index (χ4v) is 34.8. The largest absolute Gasteiger partial charge is 0.234 e. The Hall–Kier alpha value is -0.192. The van der Waals surface area contributed by atoms with Crippen LogP contribution in [0.4, 0.5) is 0 Å². The van der Waals surface area contributed by atoms with Crippen LogP contribution in [-0.4, -0.2) is 41.9 Å². The zero-order valence-corrected chi connectivity index (χ0v) is 21.5. The van der Waals surface area contributed by atoms with Gasteiger partial charge in [0.15, 0.2) is 0 Å². The molecule has 2 nitrogen and oxygen atoms in total. The summed E-state index contributed by atoms with van der Waals surface area (Å²) >= 11 is 13.9. The fourth-order valence-electron chi connectivity index (χ4n) is 4.29. The maximum Gasteiger partial charge on any atom is 0.220 e. The van der Waals surface area contributed by atoms with Crippen LogP contribution in [0.3, 0.4) is 0 Å². The van der Waals surface area contributed by atoms with E-state index in [0.717, 1.165) is 0 Å². The smallest absolute Gasteiger partial charge is 0.220 e. The highest BCUT2D eigenvalue weighted by Gasteiger charge is 2.69. The monoisotopic (exact) mass is 452 g/mol. The van der Waals surface area contributed by atoms with Gasteiger partial charge >= 0.3 is 0 Å². The Bertz CT molecular complexity index is 694. The topological polar surface area (TPSA) is 6.48 Å². The van der Waals surface area contributed by atoms with Crippen molar-refractivity contribution in [2.45, 2.75) is 37.5 Å². The molecule has 0 spiro atoms. The molecule has 1 heterocycles. The van der Waals surface area contributed by atoms with Gasteiger partial charge in [0.25, 0.3) is 0 Å². The first-order chi connectivity index (χ1) is 12.2. The van der Waals surface area contributed by atoms with Crippen molar-refractivity contribution >= 4 is 68.3 Å². The third kappa shape index (κ3) is 3.24. The van der Waals surface area contributed by atoms with Gasteiger partial charge in [0.05, 0.1) is 0 Å². The molecule has 0 bridgehead atoms. The Labute approximate surface area is 173 Å². The van der Waals surface area contributed by atoms with Crippen molar-refractivity contribution in [2.24, 2.45) is 0 Å². The van der Waals surface area contributed by atoms with E-state index in [1.54, 1.807) is 0 Å². The van der Waals surface area contributed by atoms with E-state index in [9.17, 15) is 0 Å². The summed E-state index contributed by atoms with van der Waals surface area (Å²) in [6.45, 7) is 11.7. The van der Waals surface area contributed by atoms with Gasteiger partial charge in [-0.3, -0.25) is 0 Å². The van der Waals surface area contributed by atoms with Gasteiger partial charge in [-0.1, -0.05) is 84.1 Å². The molecule has 3 rings (SSSR count). The SMILES string of the molecule is C[Si](C)C([Si](c1ccccc1)c1ccccc1)[Si]1(C)N(Cl)[Si](C)(C)N1Cl. The highest BCUT2D eigenvalue weighted by molar-refractivity contribution is 7.21. The molecule has 0 aromatic heterocycles. The summed E-state index contributed by atoms with van der Waals surface area (Å²) in [5.74, 6) is 0.